The van der Waals surface area contributed by atoms with Crippen molar-refractivity contribution in [3.63, 3.8) is 0 Å². The van der Waals surface area contributed by atoms with Crippen LogP contribution in [0.1, 0.15) is 194 Å². The summed E-state index contributed by atoms with van der Waals surface area (Å²) in [5.74, 6) is 2.14. The summed E-state index contributed by atoms with van der Waals surface area (Å²) >= 11 is 5.86. The Hall–Kier alpha value is -0.614. The van der Waals surface area contributed by atoms with Crippen LogP contribution < -0.4 is 30.7 Å². The molecule has 0 fully saturated rings. The molecule has 4 aromatic rings. The van der Waals surface area contributed by atoms with Crippen LogP contribution in [0.25, 0.3) is 0 Å². The zero-order chi connectivity index (χ0) is 49.7. The predicted molar refractivity (Wildman–Crippen MR) is 321 cm³/mol. The molecule has 2 nitrogen and oxygen atoms in total. The summed E-state index contributed by atoms with van der Waals surface area (Å²) < 4.78 is 12.6. The van der Waals surface area contributed by atoms with Gasteiger partial charge in [-0.25, -0.2) is 0 Å². The van der Waals surface area contributed by atoms with Gasteiger partial charge in [0, 0.05) is 0 Å². The number of rotatable bonds is 39. The Morgan fingerprint density at radius 3 is 0.841 bits per heavy atom. The molecule has 0 N–H and O–H groups in total. The van der Waals surface area contributed by atoms with Gasteiger partial charge in [0.05, 0.1) is 51.7 Å². The van der Waals surface area contributed by atoms with E-state index in [1.807, 2.05) is 14.2 Å². The van der Waals surface area contributed by atoms with Crippen molar-refractivity contribution in [1.29, 1.82) is 0 Å². The number of hydrogen-bond donors (Lipinski definition) is 0. The van der Waals surface area contributed by atoms with Gasteiger partial charge < -0.3 is 9.47 Å². The number of halogens is 4. The molecule has 69 heavy (non-hydrogen) atoms. The van der Waals surface area contributed by atoms with Gasteiger partial charge in [-0.15, -0.1) is 0 Å². The number of unbranched alkanes of at least 4 members (excludes halogenated alkanes) is 26. The van der Waals surface area contributed by atoms with Gasteiger partial charge in [-0.05, 0) is 74.2 Å². The maximum atomic E-state index is 6.31. The summed E-state index contributed by atoms with van der Waals surface area (Å²) in [6.07, 6.45) is 43.7. The Morgan fingerprint density at radius 2 is 0.580 bits per heavy atom. The van der Waals surface area contributed by atoms with Gasteiger partial charge >= 0.3 is 55.9 Å². The van der Waals surface area contributed by atoms with Gasteiger partial charge in [-0.2, -0.15) is 0 Å². The first kappa shape index (κ1) is 62.7. The molecule has 0 heterocycles. The minimum absolute atomic E-state index is 1.07. The predicted octanol–water partition coefficient (Wildman–Crippen LogP) is 20.4. The first-order chi connectivity index (χ1) is 33.6. The molecule has 0 radical (unpaired) electrons. The molecule has 0 saturated carbocycles. The van der Waals surface area contributed by atoms with Crippen molar-refractivity contribution in [2.24, 2.45) is 0 Å². The van der Waals surface area contributed by atoms with Crippen LogP contribution in [0.3, 0.4) is 0 Å². The average Bonchev–Trinajstić information content (AvgIpc) is 3.37. The number of hydrogen-bond acceptors (Lipinski definition) is 2. The van der Waals surface area contributed by atoms with Crippen LogP contribution in [0.5, 0.6) is 11.5 Å². The number of benzene rings is 4. The van der Waals surface area contributed by atoms with Gasteiger partial charge in [0.1, 0.15) is 22.9 Å². The van der Waals surface area contributed by atoms with Gasteiger partial charge in [0.15, 0.2) is 11.5 Å². The quantitative estimate of drug-likeness (QED) is 0.0327. The molecule has 0 aliphatic rings. The molecule has 0 amide bonds. The SMILES string of the molecule is CCCCCCCCCCCCCCCC[P+](CC[P+](CCCCCCCCCCCCCCCC)(c1ccccc1)c1ccccc1OC)(c1ccccc1)c1ccccc1OC.[Cl][Co-2]([Cl])([Br])[Br]. The molecular weight excluding hydrogens is 1100 g/mol. The van der Waals surface area contributed by atoms with E-state index in [-0.39, 0.29) is 0 Å². The summed E-state index contributed by atoms with van der Waals surface area (Å²) in [6, 6.07) is 41.6. The number of ether oxygens (including phenoxy) is 2. The molecule has 0 aliphatic heterocycles. The topological polar surface area (TPSA) is 18.5 Å². The van der Waals surface area contributed by atoms with Crippen LogP contribution in [-0.2, 0) is 7.23 Å². The van der Waals surface area contributed by atoms with Crippen molar-refractivity contribution in [2.45, 2.75) is 194 Å². The Balaban J connectivity index is 0.00000239. The van der Waals surface area contributed by atoms with E-state index in [1.54, 1.807) is 0 Å². The standard InChI is InChI=1S/C60H94O2P2.2BrH.2ClH.Co/c1-5-7-9-11-13-15-17-19-21-23-25-27-29-41-51-63(55-43-33-31-34-44-55,59-49-39-37-47-57(59)61-3)53-54-64(56-45-35-32-36-46-56,60-50-40-38-48-58(60)62-4)52-42-30-28-26-24-22-20-18-16-14-12-10-8-6-2;;;;;/h31-40,43-50H,5-30,41-42,51-54H2,1-4H3;4*1H;/q+2;;;;;+2/p-4. The van der Waals surface area contributed by atoms with E-state index in [1.165, 1.54) is 226 Å². The van der Waals surface area contributed by atoms with Gasteiger partial charge in [0.2, 0.25) is 0 Å². The van der Waals surface area contributed by atoms with Crippen LogP contribution in [0.2, 0.25) is 0 Å². The van der Waals surface area contributed by atoms with Gasteiger partial charge in [-0.3, -0.25) is 0 Å². The zero-order valence-electron chi connectivity index (χ0n) is 43.6. The second-order valence-corrected chi connectivity index (χ2v) is 46.0. The zero-order valence-corrected chi connectivity index (χ0v) is 51.1. The summed E-state index contributed by atoms with van der Waals surface area (Å²) in [6.45, 7) is 4.62. The second-order valence-electron chi connectivity index (χ2n) is 19.3. The summed E-state index contributed by atoms with van der Waals surface area (Å²) in [7, 11) is 8.62. The van der Waals surface area contributed by atoms with Crippen LogP contribution in [0, 0.1) is 0 Å². The van der Waals surface area contributed by atoms with Crippen molar-refractivity contribution in [1.82, 2.24) is 0 Å². The second kappa shape index (κ2) is 38.9. The van der Waals surface area contributed by atoms with E-state index in [4.69, 9.17) is 29.8 Å². The molecule has 0 aromatic heterocycles. The van der Waals surface area contributed by atoms with Crippen LogP contribution in [0.4, 0.5) is 0 Å². The number of para-hydroxylation sites is 2. The Morgan fingerprint density at radius 1 is 0.348 bits per heavy atom. The van der Waals surface area contributed by atoms with Crippen molar-refractivity contribution < 1.29 is 16.7 Å². The van der Waals surface area contributed by atoms with Crippen molar-refractivity contribution >= 4 is 84.4 Å². The fourth-order valence-corrected chi connectivity index (χ4v) is 21.0. The van der Waals surface area contributed by atoms with Crippen LogP contribution in [-0.4, -0.2) is 38.9 Å². The maximum absolute atomic E-state index is 6.31. The first-order valence-corrected chi connectivity index (χ1v) is 39.6. The molecular formula is C60H94Br2Cl2CoO2P2. The third-order valence-electron chi connectivity index (χ3n) is 14.2. The molecule has 0 spiro atoms. The summed E-state index contributed by atoms with van der Waals surface area (Å²) in [4.78, 5) is 0. The Bertz CT molecular complexity index is 1700. The molecule has 4 rings (SSSR count). The summed E-state index contributed by atoms with van der Waals surface area (Å²) in [5.41, 5.74) is 0. The molecule has 393 valence electrons. The Kier molecular flexibility index (Phi) is 35.3. The molecule has 0 bridgehead atoms. The third kappa shape index (κ3) is 25.5. The van der Waals surface area contributed by atoms with Gasteiger partial charge in [-0.1, -0.05) is 229 Å². The van der Waals surface area contributed by atoms with Crippen molar-refractivity contribution in [3.05, 3.63) is 109 Å². The van der Waals surface area contributed by atoms with E-state index in [0.717, 1.165) is 11.5 Å². The van der Waals surface area contributed by atoms with E-state index in [9.17, 15) is 0 Å². The van der Waals surface area contributed by atoms with Crippen LogP contribution >= 0.6 is 63.2 Å². The normalized spacial score (nSPS) is 13.5. The van der Waals surface area contributed by atoms with Gasteiger partial charge in [0.25, 0.3) is 0 Å². The monoisotopic (exact) mass is 1200 g/mol. The molecule has 2 atom stereocenters. The first-order valence-electron chi connectivity index (χ1n) is 27.3. The summed E-state index contributed by atoms with van der Waals surface area (Å²) in [5, 5.41) is 6.00. The number of methoxy groups -OCH3 is 2. The fourth-order valence-electron chi connectivity index (χ4n) is 10.4. The average molecular weight is 1200 g/mol. The van der Waals surface area contributed by atoms with E-state index in [0.29, 0.717) is 0 Å². The molecule has 2 unspecified atom stereocenters. The van der Waals surface area contributed by atoms with Crippen LogP contribution in [0.15, 0.2) is 109 Å². The van der Waals surface area contributed by atoms with E-state index in [2.05, 4.69) is 151 Å². The van der Waals surface area contributed by atoms with Crippen molar-refractivity contribution in [3.8, 4) is 11.5 Å². The van der Waals surface area contributed by atoms with Crippen molar-refractivity contribution in [2.75, 3.05) is 38.9 Å². The Labute approximate surface area is 450 Å². The molecule has 0 saturated heterocycles. The molecule has 4 aromatic carbocycles. The third-order valence-corrected chi connectivity index (χ3v) is 23.9. The fraction of sp³-hybridized carbons (Fsp3) is 0.600. The van der Waals surface area contributed by atoms with E-state index >= 15 is 0 Å². The minimum atomic E-state index is -1.91. The molecule has 0 aliphatic carbocycles. The van der Waals surface area contributed by atoms with E-state index < -0.39 is 21.8 Å². The molecule has 9 heteroatoms.